The lowest BCUT2D eigenvalue weighted by atomic mass is 9.78. The summed E-state index contributed by atoms with van der Waals surface area (Å²) in [5.74, 6) is -0.443. The van der Waals surface area contributed by atoms with Gasteiger partial charge in [0.1, 0.15) is 12.1 Å². The molecule has 1 N–H and O–H groups in total. The van der Waals surface area contributed by atoms with Gasteiger partial charge in [0.05, 0.1) is 0 Å². The van der Waals surface area contributed by atoms with Gasteiger partial charge >= 0.3 is 6.03 Å². The third kappa shape index (κ3) is 4.03. The van der Waals surface area contributed by atoms with Crippen molar-refractivity contribution in [1.29, 1.82) is 0 Å². The van der Waals surface area contributed by atoms with E-state index < -0.39 is 11.6 Å². The number of nitrogens with zero attached hydrogens (tertiary/aromatic N) is 3. The van der Waals surface area contributed by atoms with Gasteiger partial charge in [-0.25, -0.2) is 4.79 Å². The van der Waals surface area contributed by atoms with Crippen LogP contribution >= 0.6 is 0 Å². The molecule has 1 spiro atoms. The van der Waals surface area contributed by atoms with Crippen LogP contribution in [0.4, 0.5) is 4.79 Å². The summed E-state index contributed by atoms with van der Waals surface area (Å²) < 4.78 is 0. The second kappa shape index (κ2) is 9.06. The average Bonchev–Trinajstić information content (AvgIpc) is 3.13. The van der Waals surface area contributed by atoms with Crippen LogP contribution in [-0.2, 0) is 29.0 Å². The van der Waals surface area contributed by atoms with E-state index in [4.69, 9.17) is 0 Å². The molecule has 7 heteroatoms. The molecule has 2 fully saturated rings. The van der Waals surface area contributed by atoms with Crippen molar-refractivity contribution in [3.05, 3.63) is 83.4 Å². The van der Waals surface area contributed by atoms with Crippen LogP contribution in [-0.4, -0.2) is 70.8 Å². The van der Waals surface area contributed by atoms with Crippen molar-refractivity contribution in [3.8, 4) is 0 Å². The Bertz CT molecular complexity index is 1340. The Morgan fingerprint density at radius 1 is 0.861 bits per heavy atom. The van der Waals surface area contributed by atoms with E-state index in [1.165, 1.54) is 21.9 Å². The summed E-state index contributed by atoms with van der Waals surface area (Å²) in [4.78, 5) is 44.5. The molecule has 1 unspecified atom stereocenters. The smallest absolute Gasteiger partial charge is 0.325 e. The Labute approximate surface area is 210 Å². The minimum Gasteiger partial charge on any atom is -0.339 e. The minimum absolute atomic E-state index is 0.170. The van der Waals surface area contributed by atoms with Gasteiger partial charge in [0.2, 0.25) is 5.91 Å². The van der Waals surface area contributed by atoms with Crippen LogP contribution in [0, 0.1) is 0 Å². The highest BCUT2D eigenvalue weighted by Gasteiger charge is 2.52. The number of fused-ring (bicyclic) bond motifs is 2. The number of piperazine rings is 1. The molecule has 3 aromatic carbocycles. The fourth-order valence-corrected chi connectivity index (χ4v) is 5.91. The van der Waals surface area contributed by atoms with Crippen molar-refractivity contribution in [3.63, 3.8) is 0 Å². The number of amides is 4. The largest absolute Gasteiger partial charge is 0.339 e. The van der Waals surface area contributed by atoms with Crippen LogP contribution in [0.3, 0.4) is 0 Å². The van der Waals surface area contributed by atoms with E-state index in [1.807, 2.05) is 18.2 Å². The standard InChI is InChI=1S/C29H30N4O3/c34-26(20-33-27(35)29(30-28(33)36)13-12-21-6-1-2-8-23(21)18-29)32-16-14-31(15-17-32)19-24-10-5-9-22-7-3-4-11-25(22)24/h1-11H,12-20H2,(H,30,36). The molecule has 4 amide bonds. The van der Waals surface area contributed by atoms with Gasteiger partial charge in [-0.2, -0.15) is 0 Å². The molecule has 2 aliphatic heterocycles. The zero-order chi connectivity index (χ0) is 24.7. The second-order valence-corrected chi connectivity index (χ2v) is 10.1. The van der Waals surface area contributed by atoms with Crippen molar-refractivity contribution >= 4 is 28.6 Å². The maximum absolute atomic E-state index is 13.3. The second-order valence-electron chi connectivity index (χ2n) is 10.1. The molecule has 0 aromatic heterocycles. The molecule has 36 heavy (non-hydrogen) atoms. The number of aryl methyl sites for hydroxylation is 1. The van der Waals surface area contributed by atoms with Crippen LogP contribution < -0.4 is 5.32 Å². The summed E-state index contributed by atoms with van der Waals surface area (Å²) in [6.45, 7) is 3.33. The molecular formula is C29H30N4O3. The van der Waals surface area contributed by atoms with Crippen molar-refractivity contribution in [2.45, 2.75) is 31.3 Å². The number of rotatable bonds is 4. The monoisotopic (exact) mass is 482 g/mol. The minimum atomic E-state index is -0.928. The van der Waals surface area contributed by atoms with E-state index in [2.05, 4.69) is 58.7 Å². The van der Waals surface area contributed by atoms with Gasteiger partial charge in [-0.05, 0) is 40.3 Å². The number of hydrogen-bond donors (Lipinski definition) is 1. The number of urea groups is 1. The Kier molecular flexibility index (Phi) is 5.72. The first-order valence-corrected chi connectivity index (χ1v) is 12.7. The maximum Gasteiger partial charge on any atom is 0.325 e. The van der Waals surface area contributed by atoms with Crippen molar-refractivity contribution in [2.75, 3.05) is 32.7 Å². The third-order valence-electron chi connectivity index (χ3n) is 7.97. The Hall–Kier alpha value is -3.71. The van der Waals surface area contributed by atoms with Crippen LogP contribution in [0.15, 0.2) is 66.7 Å². The molecule has 0 saturated carbocycles. The number of carbonyl (C=O) groups is 3. The Balaban J connectivity index is 1.07. The summed E-state index contributed by atoms with van der Waals surface area (Å²) in [7, 11) is 0. The molecule has 184 valence electrons. The zero-order valence-electron chi connectivity index (χ0n) is 20.3. The van der Waals surface area contributed by atoms with Gasteiger partial charge in [-0.15, -0.1) is 0 Å². The van der Waals surface area contributed by atoms with Gasteiger partial charge in [0, 0.05) is 39.1 Å². The molecule has 0 bridgehead atoms. The van der Waals surface area contributed by atoms with Gasteiger partial charge in [0.15, 0.2) is 0 Å². The van der Waals surface area contributed by atoms with Gasteiger partial charge < -0.3 is 10.2 Å². The highest BCUT2D eigenvalue weighted by Crippen LogP contribution is 2.33. The fraction of sp³-hybridized carbons (Fsp3) is 0.345. The van der Waals surface area contributed by atoms with E-state index in [-0.39, 0.29) is 18.4 Å². The first-order chi connectivity index (χ1) is 17.5. The third-order valence-corrected chi connectivity index (χ3v) is 7.97. The Morgan fingerprint density at radius 2 is 1.58 bits per heavy atom. The highest BCUT2D eigenvalue weighted by atomic mass is 16.2. The van der Waals surface area contributed by atoms with E-state index in [1.54, 1.807) is 4.90 Å². The van der Waals surface area contributed by atoms with Crippen LogP contribution in [0.5, 0.6) is 0 Å². The zero-order valence-corrected chi connectivity index (χ0v) is 20.3. The molecule has 2 heterocycles. The summed E-state index contributed by atoms with van der Waals surface area (Å²) in [6.07, 6.45) is 1.78. The quantitative estimate of drug-likeness (QED) is 0.581. The van der Waals surface area contributed by atoms with Crippen LogP contribution in [0.1, 0.15) is 23.1 Å². The summed E-state index contributed by atoms with van der Waals surface area (Å²) in [5, 5.41) is 5.42. The number of benzene rings is 3. The normalized spacial score (nSPS) is 22.2. The number of hydrogen-bond acceptors (Lipinski definition) is 4. The molecule has 3 aromatic rings. The maximum atomic E-state index is 13.3. The van der Waals surface area contributed by atoms with Crippen molar-refractivity contribution in [1.82, 2.24) is 20.0 Å². The predicted octanol–water partition coefficient (Wildman–Crippen LogP) is 2.96. The first-order valence-electron chi connectivity index (χ1n) is 12.7. The molecule has 6 rings (SSSR count). The SMILES string of the molecule is O=C(CN1C(=O)NC2(CCc3ccccc3C2)C1=O)N1CCN(Cc2cccc3ccccc23)CC1. The molecular weight excluding hydrogens is 452 g/mol. The fourth-order valence-electron chi connectivity index (χ4n) is 5.91. The summed E-state index contributed by atoms with van der Waals surface area (Å²) in [5.41, 5.74) is 2.67. The van der Waals surface area contributed by atoms with Gasteiger partial charge in [-0.1, -0.05) is 66.7 Å². The van der Waals surface area contributed by atoms with Crippen molar-refractivity contribution < 1.29 is 14.4 Å². The average molecular weight is 483 g/mol. The van der Waals surface area contributed by atoms with Crippen LogP contribution in [0.2, 0.25) is 0 Å². The molecule has 2 saturated heterocycles. The van der Waals surface area contributed by atoms with Crippen molar-refractivity contribution in [2.24, 2.45) is 0 Å². The summed E-state index contributed by atoms with van der Waals surface area (Å²) >= 11 is 0. The molecule has 7 nitrogen and oxygen atoms in total. The van der Waals surface area contributed by atoms with E-state index in [9.17, 15) is 14.4 Å². The predicted molar refractivity (Wildman–Crippen MR) is 137 cm³/mol. The van der Waals surface area contributed by atoms with Gasteiger partial charge in [-0.3, -0.25) is 19.4 Å². The molecule has 3 aliphatic rings. The number of carbonyl (C=O) groups excluding carboxylic acids is 3. The topological polar surface area (TPSA) is 73.0 Å². The van der Waals surface area contributed by atoms with E-state index in [0.29, 0.717) is 25.9 Å². The number of imide groups is 1. The van der Waals surface area contributed by atoms with E-state index in [0.717, 1.165) is 36.5 Å². The van der Waals surface area contributed by atoms with Crippen LogP contribution in [0.25, 0.3) is 10.8 Å². The lowest BCUT2D eigenvalue weighted by molar-refractivity contribution is -0.140. The van der Waals surface area contributed by atoms with E-state index >= 15 is 0 Å². The molecule has 0 radical (unpaired) electrons. The molecule has 1 aliphatic carbocycles. The number of nitrogens with one attached hydrogen (secondary N) is 1. The summed E-state index contributed by atoms with van der Waals surface area (Å²) in [6, 6.07) is 22.4. The Morgan fingerprint density at radius 3 is 2.42 bits per heavy atom. The molecule has 1 atom stereocenters. The van der Waals surface area contributed by atoms with Gasteiger partial charge in [0.25, 0.3) is 5.91 Å². The lowest BCUT2D eigenvalue weighted by Crippen LogP contribution is -2.53. The highest BCUT2D eigenvalue weighted by molar-refractivity contribution is 6.09. The first kappa shape index (κ1) is 22.7. The lowest BCUT2D eigenvalue weighted by Gasteiger charge is -2.35.